The van der Waals surface area contributed by atoms with E-state index in [-0.39, 0.29) is 11.5 Å². The van der Waals surface area contributed by atoms with E-state index in [2.05, 4.69) is 21.2 Å². The molecule has 33 heavy (non-hydrogen) atoms. The summed E-state index contributed by atoms with van der Waals surface area (Å²) in [5, 5.41) is 12.6. The summed E-state index contributed by atoms with van der Waals surface area (Å²) in [6.45, 7) is 1.93. The maximum atomic E-state index is 13.5. The van der Waals surface area contributed by atoms with Crippen molar-refractivity contribution in [2.24, 2.45) is 0 Å². The van der Waals surface area contributed by atoms with E-state index in [4.69, 9.17) is 0 Å². The lowest BCUT2D eigenvalue weighted by Gasteiger charge is -2.18. The van der Waals surface area contributed by atoms with Crippen LogP contribution >= 0.6 is 27.7 Å². The number of carbonyl (C=O) groups is 2. The Kier molecular flexibility index (Phi) is 6.97. The number of rotatable bonds is 5. The fourth-order valence-corrected chi connectivity index (χ4v) is 5.12. The van der Waals surface area contributed by atoms with Crippen LogP contribution in [-0.4, -0.2) is 17.1 Å². The third-order valence-corrected chi connectivity index (χ3v) is 6.92. The van der Waals surface area contributed by atoms with Gasteiger partial charge in [-0.2, -0.15) is 5.26 Å². The van der Waals surface area contributed by atoms with Crippen LogP contribution in [-0.2, 0) is 16.0 Å². The Balaban J connectivity index is 1.71. The van der Waals surface area contributed by atoms with Crippen molar-refractivity contribution >= 4 is 50.9 Å². The smallest absolute Gasteiger partial charge is 0.269 e. The number of anilines is 2. The quantitative estimate of drug-likeness (QED) is 0.341. The monoisotopic (exact) mass is 517 g/mol. The molecule has 1 N–H and O–H groups in total. The van der Waals surface area contributed by atoms with E-state index in [9.17, 15) is 14.9 Å². The van der Waals surface area contributed by atoms with Crippen LogP contribution in [0.5, 0.6) is 0 Å². The highest BCUT2D eigenvalue weighted by Crippen LogP contribution is 2.42. The van der Waals surface area contributed by atoms with E-state index in [1.807, 2.05) is 73.7 Å². The molecular formula is C26H20BrN3O2S. The average molecular weight is 518 g/mol. The number of nitriles is 1. The summed E-state index contributed by atoms with van der Waals surface area (Å²) < 4.78 is 0.961. The molecule has 4 rings (SSSR count). The van der Waals surface area contributed by atoms with Crippen molar-refractivity contribution in [1.29, 1.82) is 5.26 Å². The van der Waals surface area contributed by atoms with Crippen LogP contribution in [0.25, 0.3) is 0 Å². The van der Waals surface area contributed by atoms with Crippen LogP contribution in [0, 0.1) is 18.3 Å². The van der Waals surface area contributed by atoms with Gasteiger partial charge in [0.05, 0.1) is 5.25 Å². The minimum atomic E-state index is -0.538. The van der Waals surface area contributed by atoms with Gasteiger partial charge in [-0.25, -0.2) is 0 Å². The Bertz CT molecular complexity index is 1270. The lowest BCUT2D eigenvalue weighted by atomic mass is 10.1. The van der Waals surface area contributed by atoms with Gasteiger partial charge in [-0.1, -0.05) is 70.2 Å². The van der Waals surface area contributed by atoms with Crippen LogP contribution in [0.2, 0.25) is 0 Å². The van der Waals surface area contributed by atoms with E-state index >= 15 is 0 Å². The first-order chi connectivity index (χ1) is 16.0. The van der Waals surface area contributed by atoms with Gasteiger partial charge in [0.2, 0.25) is 5.91 Å². The number of carbonyl (C=O) groups excluding carboxylic acids is 2. The maximum Gasteiger partial charge on any atom is 0.269 e. The molecule has 1 saturated heterocycles. The fraction of sp³-hybridized carbons (Fsp3) is 0.115. The number of nitrogens with zero attached hydrogens (tertiary/aromatic N) is 2. The number of halogens is 1. The molecule has 164 valence electrons. The predicted octanol–water partition coefficient (Wildman–Crippen LogP) is 5.82. The van der Waals surface area contributed by atoms with Crippen LogP contribution in [0.15, 0.2) is 93.9 Å². The van der Waals surface area contributed by atoms with Gasteiger partial charge in [0.25, 0.3) is 5.91 Å². The predicted molar refractivity (Wildman–Crippen MR) is 136 cm³/mol. The Morgan fingerprint density at radius 2 is 1.82 bits per heavy atom. The minimum absolute atomic E-state index is 0.0861. The van der Waals surface area contributed by atoms with Crippen molar-refractivity contribution in [3.05, 3.63) is 105 Å². The zero-order valence-corrected chi connectivity index (χ0v) is 20.2. The standard InChI is InChI=1S/C26H20BrN3O2S/c1-17-6-5-7-20(14-17)29-24(31)22(16-28)26-30(21-8-3-2-4-9-21)25(32)23(33-26)15-18-10-12-19(27)13-11-18/h2-14,23H,15H2,1H3,(H,29,31). The summed E-state index contributed by atoms with van der Waals surface area (Å²) in [6.07, 6.45) is 0.488. The second kappa shape index (κ2) is 10.1. The zero-order chi connectivity index (χ0) is 23.4. The normalized spacial score (nSPS) is 16.9. The Labute approximate surface area is 205 Å². The molecule has 1 heterocycles. The molecule has 1 fully saturated rings. The van der Waals surface area contributed by atoms with Crippen molar-refractivity contribution in [3.8, 4) is 6.07 Å². The molecule has 0 aliphatic carbocycles. The summed E-state index contributed by atoms with van der Waals surface area (Å²) in [5.74, 6) is -0.691. The molecule has 1 atom stereocenters. The SMILES string of the molecule is Cc1cccc(NC(=O)C(C#N)=C2SC(Cc3ccc(Br)cc3)C(=O)N2c2ccccc2)c1. The summed E-state index contributed by atoms with van der Waals surface area (Å²) >= 11 is 4.68. The first kappa shape index (κ1) is 22.8. The van der Waals surface area contributed by atoms with Gasteiger partial charge in [0.1, 0.15) is 16.7 Å². The van der Waals surface area contributed by atoms with Gasteiger partial charge in [-0.15, -0.1) is 0 Å². The maximum absolute atomic E-state index is 13.5. The Hall–Kier alpha value is -3.34. The van der Waals surface area contributed by atoms with E-state index in [1.165, 1.54) is 16.7 Å². The average Bonchev–Trinajstić information content (AvgIpc) is 3.12. The molecule has 3 aromatic rings. The minimum Gasteiger partial charge on any atom is -0.321 e. The van der Waals surface area contributed by atoms with Gasteiger partial charge < -0.3 is 5.32 Å². The van der Waals surface area contributed by atoms with Crippen molar-refractivity contribution in [2.45, 2.75) is 18.6 Å². The largest absolute Gasteiger partial charge is 0.321 e. The molecule has 1 aliphatic rings. The Morgan fingerprint density at radius 3 is 2.48 bits per heavy atom. The van der Waals surface area contributed by atoms with Crippen molar-refractivity contribution in [1.82, 2.24) is 0 Å². The number of benzene rings is 3. The molecule has 1 aliphatic heterocycles. The molecule has 1 unspecified atom stereocenters. The second-order valence-electron chi connectivity index (χ2n) is 7.56. The fourth-order valence-electron chi connectivity index (χ4n) is 3.55. The van der Waals surface area contributed by atoms with Gasteiger partial charge >= 0.3 is 0 Å². The first-order valence-corrected chi connectivity index (χ1v) is 12.0. The number of nitrogens with one attached hydrogen (secondary N) is 1. The number of thioether (sulfide) groups is 1. The van der Waals surface area contributed by atoms with E-state index in [1.54, 1.807) is 18.2 Å². The van der Waals surface area contributed by atoms with Crippen LogP contribution < -0.4 is 10.2 Å². The molecule has 0 spiro atoms. The number of hydrogen-bond donors (Lipinski definition) is 1. The number of amides is 2. The lowest BCUT2D eigenvalue weighted by molar-refractivity contribution is -0.117. The van der Waals surface area contributed by atoms with E-state index in [0.717, 1.165) is 15.6 Å². The summed E-state index contributed by atoms with van der Waals surface area (Å²) in [5.41, 5.74) is 3.13. The highest BCUT2D eigenvalue weighted by molar-refractivity contribution is 9.10. The third-order valence-electron chi connectivity index (χ3n) is 5.13. The lowest BCUT2D eigenvalue weighted by Crippen LogP contribution is -2.30. The molecular weight excluding hydrogens is 498 g/mol. The summed E-state index contributed by atoms with van der Waals surface area (Å²) in [4.78, 5) is 28.0. The van der Waals surface area contributed by atoms with Crippen LogP contribution in [0.4, 0.5) is 11.4 Å². The molecule has 5 nitrogen and oxygen atoms in total. The molecule has 0 saturated carbocycles. The van der Waals surface area contributed by atoms with E-state index in [0.29, 0.717) is 22.8 Å². The molecule has 7 heteroatoms. The van der Waals surface area contributed by atoms with Gasteiger partial charge in [0, 0.05) is 15.8 Å². The van der Waals surface area contributed by atoms with Gasteiger partial charge in [-0.05, 0) is 60.9 Å². The molecule has 0 aromatic heterocycles. The highest BCUT2D eigenvalue weighted by Gasteiger charge is 2.40. The molecule has 0 bridgehead atoms. The zero-order valence-electron chi connectivity index (χ0n) is 17.8. The van der Waals surface area contributed by atoms with Crippen molar-refractivity contribution < 1.29 is 9.59 Å². The summed E-state index contributed by atoms with van der Waals surface area (Å²) in [6, 6.07) is 26.3. The Morgan fingerprint density at radius 1 is 1.09 bits per heavy atom. The van der Waals surface area contributed by atoms with Crippen molar-refractivity contribution in [3.63, 3.8) is 0 Å². The number of para-hydroxylation sites is 1. The second-order valence-corrected chi connectivity index (χ2v) is 9.67. The van der Waals surface area contributed by atoms with Gasteiger partial charge in [0.15, 0.2) is 0 Å². The van der Waals surface area contributed by atoms with Crippen LogP contribution in [0.1, 0.15) is 11.1 Å². The van der Waals surface area contributed by atoms with Crippen molar-refractivity contribution in [2.75, 3.05) is 10.2 Å². The van der Waals surface area contributed by atoms with Crippen LogP contribution in [0.3, 0.4) is 0 Å². The molecule has 0 radical (unpaired) electrons. The third kappa shape index (κ3) is 5.19. The highest BCUT2D eigenvalue weighted by atomic mass is 79.9. The topological polar surface area (TPSA) is 73.2 Å². The number of hydrogen-bond acceptors (Lipinski definition) is 4. The molecule has 2 amide bonds. The first-order valence-electron chi connectivity index (χ1n) is 10.3. The number of aryl methyl sites for hydroxylation is 1. The molecule has 3 aromatic carbocycles. The van der Waals surface area contributed by atoms with E-state index < -0.39 is 11.2 Å². The van der Waals surface area contributed by atoms with Gasteiger partial charge in [-0.3, -0.25) is 14.5 Å². The summed E-state index contributed by atoms with van der Waals surface area (Å²) in [7, 11) is 0.